The molecule has 8 heteroatoms. The Hall–Kier alpha value is -3.94. The molecular formula is C24H28N4O4. The molecule has 2 aromatic carbocycles. The van der Waals surface area contributed by atoms with Gasteiger partial charge in [0.15, 0.2) is 0 Å². The zero-order valence-electron chi connectivity index (χ0n) is 18.2. The smallest absolute Gasteiger partial charge is 0.251 e. The monoisotopic (exact) mass is 436 g/mol. The van der Waals surface area contributed by atoms with E-state index in [9.17, 15) is 19.2 Å². The van der Waals surface area contributed by atoms with E-state index in [0.717, 1.165) is 0 Å². The summed E-state index contributed by atoms with van der Waals surface area (Å²) in [4.78, 5) is 48.7. The molecule has 32 heavy (non-hydrogen) atoms. The van der Waals surface area contributed by atoms with E-state index in [2.05, 4.69) is 27.8 Å². The van der Waals surface area contributed by atoms with Gasteiger partial charge in [-0.05, 0) is 38.1 Å². The molecule has 2 atom stereocenters. The van der Waals surface area contributed by atoms with Crippen molar-refractivity contribution in [2.24, 2.45) is 0 Å². The molecule has 2 rings (SSSR count). The van der Waals surface area contributed by atoms with E-state index in [0.29, 0.717) is 23.2 Å². The highest BCUT2D eigenvalue weighted by Crippen LogP contribution is 2.01. The molecule has 0 saturated heterocycles. The van der Waals surface area contributed by atoms with Crippen molar-refractivity contribution in [2.75, 3.05) is 6.54 Å². The van der Waals surface area contributed by atoms with Crippen LogP contribution < -0.4 is 21.3 Å². The van der Waals surface area contributed by atoms with Crippen LogP contribution in [0, 0.1) is 0 Å². The van der Waals surface area contributed by atoms with Gasteiger partial charge in [0, 0.05) is 29.8 Å². The number of nitrogens with one attached hydrogen (secondary N) is 4. The minimum absolute atomic E-state index is 0.230. The molecule has 4 amide bonds. The van der Waals surface area contributed by atoms with Crippen molar-refractivity contribution in [3.05, 3.63) is 84.1 Å². The van der Waals surface area contributed by atoms with Gasteiger partial charge in [0.05, 0.1) is 0 Å². The molecule has 0 bridgehead atoms. The van der Waals surface area contributed by atoms with Gasteiger partial charge in [-0.3, -0.25) is 19.2 Å². The van der Waals surface area contributed by atoms with E-state index in [1.165, 1.54) is 0 Å². The summed E-state index contributed by atoms with van der Waals surface area (Å²) in [5.74, 6) is -1.44. The van der Waals surface area contributed by atoms with Gasteiger partial charge in [-0.25, -0.2) is 0 Å². The van der Waals surface area contributed by atoms with Crippen molar-refractivity contribution < 1.29 is 19.2 Å². The number of carbonyl (C=O) groups excluding carboxylic acids is 4. The molecule has 0 saturated carbocycles. The fourth-order valence-corrected chi connectivity index (χ4v) is 2.70. The lowest BCUT2D eigenvalue weighted by Gasteiger charge is -2.17. The van der Waals surface area contributed by atoms with Crippen LogP contribution in [0.1, 0.15) is 41.0 Å². The van der Waals surface area contributed by atoms with E-state index < -0.39 is 18.0 Å². The second kappa shape index (κ2) is 12.0. The first-order valence-electron chi connectivity index (χ1n) is 10.3. The van der Waals surface area contributed by atoms with Crippen molar-refractivity contribution in [2.45, 2.75) is 32.4 Å². The maximum atomic E-state index is 12.3. The third-order valence-corrected chi connectivity index (χ3v) is 4.58. The number of hydrogen-bond donors (Lipinski definition) is 4. The molecule has 168 valence electrons. The number of benzene rings is 2. The molecule has 0 aliphatic rings. The zero-order valence-corrected chi connectivity index (χ0v) is 18.2. The molecule has 0 aromatic heterocycles. The van der Waals surface area contributed by atoms with Crippen LogP contribution in [-0.4, -0.2) is 42.3 Å². The first-order valence-corrected chi connectivity index (χ1v) is 10.3. The SMILES string of the molecule is C=C(CCNC(=O)[C@H](C)NC(=O)c1ccccc1)NC(=O)[C@H](C)NC(=O)c1ccccc1. The van der Waals surface area contributed by atoms with E-state index >= 15 is 0 Å². The quantitative estimate of drug-likeness (QED) is 0.454. The van der Waals surface area contributed by atoms with Gasteiger partial charge in [0.25, 0.3) is 11.8 Å². The van der Waals surface area contributed by atoms with Crippen molar-refractivity contribution in [1.29, 1.82) is 0 Å². The normalized spacial score (nSPS) is 12.1. The highest BCUT2D eigenvalue weighted by atomic mass is 16.2. The maximum Gasteiger partial charge on any atom is 0.251 e. The summed E-state index contributed by atoms with van der Waals surface area (Å²) in [5, 5.41) is 10.6. The van der Waals surface area contributed by atoms with Gasteiger partial charge in [0.2, 0.25) is 11.8 Å². The second-order valence-corrected chi connectivity index (χ2v) is 7.26. The second-order valence-electron chi connectivity index (χ2n) is 7.26. The van der Waals surface area contributed by atoms with Crippen molar-refractivity contribution in [3.8, 4) is 0 Å². The summed E-state index contributed by atoms with van der Waals surface area (Å²) in [7, 11) is 0. The van der Waals surface area contributed by atoms with Crippen LogP contribution in [0.15, 0.2) is 72.9 Å². The highest BCUT2D eigenvalue weighted by Gasteiger charge is 2.18. The lowest BCUT2D eigenvalue weighted by molar-refractivity contribution is -0.122. The third kappa shape index (κ3) is 7.71. The summed E-state index contributed by atoms with van der Waals surface area (Å²) in [6.07, 6.45) is 0.302. The van der Waals surface area contributed by atoms with Crippen LogP contribution in [0.25, 0.3) is 0 Å². The lowest BCUT2D eigenvalue weighted by Crippen LogP contribution is -2.46. The molecule has 0 radical (unpaired) electrons. The fourth-order valence-electron chi connectivity index (χ4n) is 2.70. The van der Waals surface area contributed by atoms with Gasteiger partial charge in [0.1, 0.15) is 12.1 Å². The maximum absolute atomic E-state index is 12.3. The fraction of sp³-hybridized carbons (Fsp3) is 0.250. The lowest BCUT2D eigenvalue weighted by atomic mass is 10.2. The van der Waals surface area contributed by atoms with Crippen LogP contribution in [0.5, 0.6) is 0 Å². The Morgan fingerprint density at radius 3 is 1.66 bits per heavy atom. The minimum Gasteiger partial charge on any atom is -0.354 e. The van der Waals surface area contributed by atoms with Gasteiger partial charge < -0.3 is 21.3 Å². The van der Waals surface area contributed by atoms with Crippen molar-refractivity contribution in [3.63, 3.8) is 0 Å². The molecule has 0 heterocycles. The summed E-state index contributed by atoms with van der Waals surface area (Å²) in [5.41, 5.74) is 1.33. The molecule has 2 aromatic rings. The Morgan fingerprint density at radius 2 is 1.19 bits per heavy atom. The standard InChI is InChI=1S/C24H28N4O4/c1-16(26-22(30)18(3)28-24(32)20-12-8-5-9-13-20)14-15-25-21(29)17(2)27-23(31)19-10-6-4-7-11-19/h4-13,17-18H,1,14-15H2,2-3H3,(H,25,29)(H,26,30)(H,27,31)(H,28,32)/t17-,18-/m0/s1. The highest BCUT2D eigenvalue weighted by molar-refractivity contribution is 5.98. The van der Waals surface area contributed by atoms with E-state index in [1.54, 1.807) is 74.5 Å². The van der Waals surface area contributed by atoms with Crippen LogP contribution in [0.4, 0.5) is 0 Å². The summed E-state index contributed by atoms with van der Waals surface area (Å²) in [6.45, 7) is 7.17. The van der Waals surface area contributed by atoms with Gasteiger partial charge in [-0.1, -0.05) is 43.0 Å². The Labute approximate surface area is 187 Å². The Bertz CT molecular complexity index is 960. The Balaban J connectivity index is 1.69. The average molecular weight is 437 g/mol. The van der Waals surface area contributed by atoms with Crippen LogP contribution in [0.2, 0.25) is 0 Å². The molecule has 0 unspecified atom stereocenters. The van der Waals surface area contributed by atoms with Gasteiger partial charge in [-0.15, -0.1) is 0 Å². The Kier molecular flexibility index (Phi) is 9.16. The molecule has 0 spiro atoms. The summed E-state index contributed by atoms with van der Waals surface area (Å²) < 4.78 is 0. The first kappa shape index (κ1) is 24.3. The summed E-state index contributed by atoms with van der Waals surface area (Å²) >= 11 is 0. The first-order chi connectivity index (χ1) is 15.3. The summed E-state index contributed by atoms with van der Waals surface area (Å²) in [6, 6.07) is 15.7. The van der Waals surface area contributed by atoms with Gasteiger partial charge in [-0.2, -0.15) is 0 Å². The minimum atomic E-state index is -0.762. The van der Waals surface area contributed by atoms with Crippen molar-refractivity contribution in [1.82, 2.24) is 21.3 Å². The number of hydrogen-bond acceptors (Lipinski definition) is 4. The average Bonchev–Trinajstić information content (AvgIpc) is 2.79. The van der Waals surface area contributed by atoms with Crippen LogP contribution >= 0.6 is 0 Å². The molecule has 0 fully saturated rings. The number of carbonyl (C=O) groups is 4. The molecular weight excluding hydrogens is 408 g/mol. The van der Waals surface area contributed by atoms with E-state index in [-0.39, 0.29) is 24.3 Å². The largest absolute Gasteiger partial charge is 0.354 e. The van der Waals surface area contributed by atoms with E-state index in [4.69, 9.17) is 0 Å². The number of amides is 4. The third-order valence-electron chi connectivity index (χ3n) is 4.58. The van der Waals surface area contributed by atoms with Crippen molar-refractivity contribution >= 4 is 23.6 Å². The molecule has 0 aliphatic heterocycles. The predicted molar refractivity (Wildman–Crippen MR) is 122 cm³/mol. The molecule has 8 nitrogen and oxygen atoms in total. The Morgan fingerprint density at radius 1 is 0.750 bits per heavy atom. The number of rotatable bonds is 10. The topological polar surface area (TPSA) is 116 Å². The molecule has 4 N–H and O–H groups in total. The van der Waals surface area contributed by atoms with Crippen LogP contribution in [0.3, 0.4) is 0 Å². The van der Waals surface area contributed by atoms with Crippen LogP contribution in [-0.2, 0) is 9.59 Å². The zero-order chi connectivity index (χ0) is 23.5. The predicted octanol–water partition coefficient (Wildman–Crippen LogP) is 1.76. The van der Waals surface area contributed by atoms with E-state index in [1.807, 2.05) is 0 Å². The van der Waals surface area contributed by atoms with Gasteiger partial charge >= 0.3 is 0 Å². The molecule has 0 aliphatic carbocycles.